The molecule has 6 nitrogen and oxygen atoms in total. The number of nitrogens with one attached hydrogen (secondary N) is 1. The van der Waals surface area contributed by atoms with Gasteiger partial charge in [-0.1, -0.05) is 29.3 Å². The Kier molecular flexibility index (Phi) is 6.38. The number of benzene rings is 2. The number of halogens is 5. The molecule has 4 rings (SSSR count). The predicted molar refractivity (Wildman–Crippen MR) is 115 cm³/mol. The number of piperazine rings is 1. The highest BCUT2D eigenvalue weighted by molar-refractivity contribution is 7.89. The van der Waals surface area contributed by atoms with Gasteiger partial charge in [0, 0.05) is 37.6 Å². The molecule has 0 aromatic heterocycles. The molecule has 3 atom stereocenters. The molecular weight excluding hydrogens is 490 g/mol. The van der Waals surface area contributed by atoms with Crippen molar-refractivity contribution in [1.29, 1.82) is 0 Å². The van der Waals surface area contributed by atoms with Crippen LogP contribution in [0.2, 0.25) is 10.0 Å². The van der Waals surface area contributed by atoms with Gasteiger partial charge < -0.3 is 10.1 Å². The van der Waals surface area contributed by atoms with Gasteiger partial charge in [-0.25, -0.2) is 13.6 Å². The first-order chi connectivity index (χ1) is 14.9. The fourth-order valence-electron chi connectivity index (χ4n) is 4.47. The third-order valence-electron chi connectivity index (χ3n) is 5.83. The number of hydrogen-bond donors (Lipinski definition) is 2. The number of fused-ring (bicyclic) bond motifs is 2. The van der Waals surface area contributed by atoms with Crippen LogP contribution in [0.3, 0.4) is 0 Å². The van der Waals surface area contributed by atoms with Crippen LogP contribution in [0, 0.1) is 0 Å². The second-order valence-corrected chi connectivity index (χ2v) is 10.3. The van der Waals surface area contributed by atoms with Crippen molar-refractivity contribution in [3.05, 3.63) is 57.6 Å². The highest BCUT2D eigenvalue weighted by Crippen LogP contribution is 2.38. The van der Waals surface area contributed by atoms with Crippen molar-refractivity contribution in [2.24, 2.45) is 5.14 Å². The molecule has 0 spiro atoms. The van der Waals surface area contributed by atoms with E-state index < -0.39 is 28.1 Å². The molecule has 2 aromatic rings. The van der Waals surface area contributed by atoms with Crippen molar-refractivity contribution in [3.63, 3.8) is 0 Å². The molecule has 174 valence electrons. The lowest BCUT2D eigenvalue weighted by Gasteiger charge is -2.32. The summed E-state index contributed by atoms with van der Waals surface area (Å²) in [6, 6.07) is 8.45. The summed E-state index contributed by atoms with van der Waals surface area (Å²) in [7, 11) is -4.24. The van der Waals surface area contributed by atoms with Gasteiger partial charge >= 0.3 is 6.36 Å². The van der Waals surface area contributed by atoms with E-state index in [1.54, 1.807) is 18.2 Å². The third-order valence-corrected chi connectivity index (χ3v) is 7.55. The Bertz CT molecular complexity index is 1130. The Morgan fingerprint density at radius 3 is 2.50 bits per heavy atom. The van der Waals surface area contributed by atoms with Crippen LogP contribution in [-0.4, -0.2) is 51.4 Å². The number of hydrogen-bond acceptors (Lipinski definition) is 5. The molecule has 0 aliphatic carbocycles. The fraction of sp³-hybridized carbons (Fsp3) is 0.400. The predicted octanol–water partition coefficient (Wildman–Crippen LogP) is 3.72. The maximum atomic E-state index is 12.8. The highest BCUT2D eigenvalue weighted by atomic mass is 35.5. The minimum atomic E-state index is -4.93. The second-order valence-electron chi connectivity index (χ2n) is 7.97. The van der Waals surface area contributed by atoms with E-state index in [0.29, 0.717) is 23.2 Å². The summed E-state index contributed by atoms with van der Waals surface area (Å²) < 4.78 is 67.2. The van der Waals surface area contributed by atoms with Gasteiger partial charge in [-0.15, -0.1) is 13.2 Å². The Balaban J connectivity index is 1.83. The van der Waals surface area contributed by atoms with Gasteiger partial charge in [-0.2, -0.15) is 0 Å². The molecule has 2 aromatic carbocycles. The van der Waals surface area contributed by atoms with Gasteiger partial charge in [-0.05, 0) is 47.9 Å². The molecule has 0 saturated carbocycles. The Hall–Kier alpha value is -1.56. The number of ether oxygens (including phenoxy) is 1. The number of nitrogens with zero attached hydrogens (tertiary/aromatic N) is 1. The van der Waals surface area contributed by atoms with Crippen LogP contribution in [0.25, 0.3) is 0 Å². The van der Waals surface area contributed by atoms with E-state index in [-0.39, 0.29) is 21.5 Å². The summed E-state index contributed by atoms with van der Waals surface area (Å²) in [4.78, 5) is 1.92. The SMILES string of the molecule is NS(=O)(=O)c1ccc(OC(F)(F)F)cc1[C@H](CN1C[C@@H]2C[C@H]1CN2)c1ccc(Cl)c(Cl)c1. The maximum Gasteiger partial charge on any atom is 0.573 e. The van der Waals surface area contributed by atoms with Crippen LogP contribution in [-0.2, 0) is 10.0 Å². The molecule has 2 fully saturated rings. The van der Waals surface area contributed by atoms with Crippen molar-refractivity contribution in [1.82, 2.24) is 10.2 Å². The largest absolute Gasteiger partial charge is 0.573 e. The van der Waals surface area contributed by atoms with Gasteiger partial charge in [0.1, 0.15) is 5.75 Å². The van der Waals surface area contributed by atoms with Gasteiger partial charge in [0.2, 0.25) is 10.0 Å². The molecule has 2 aliphatic heterocycles. The average Bonchev–Trinajstić information content (AvgIpc) is 3.29. The molecular formula is C20H20Cl2F3N3O3S. The van der Waals surface area contributed by atoms with Crippen molar-refractivity contribution in [2.75, 3.05) is 19.6 Å². The number of nitrogens with two attached hydrogens (primary N) is 1. The average molecular weight is 510 g/mol. The zero-order valence-electron chi connectivity index (χ0n) is 16.6. The van der Waals surface area contributed by atoms with Crippen molar-refractivity contribution in [2.45, 2.75) is 35.7 Å². The summed E-state index contributed by atoms with van der Waals surface area (Å²) in [5.74, 6) is -1.18. The van der Waals surface area contributed by atoms with Gasteiger partial charge in [-0.3, -0.25) is 4.90 Å². The molecule has 2 heterocycles. The minimum absolute atomic E-state index is 0.100. The first-order valence-electron chi connectivity index (χ1n) is 9.75. The van der Waals surface area contributed by atoms with E-state index in [0.717, 1.165) is 37.7 Å². The van der Waals surface area contributed by atoms with E-state index in [2.05, 4.69) is 15.0 Å². The lowest BCUT2D eigenvalue weighted by atomic mass is 9.90. The zero-order chi connectivity index (χ0) is 23.3. The summed E-state index contributed by atoms with van der Waals surface area (Å²) in [6.07, 6.45) is -3.98. The molecule has 32 heavy (non-hydrogen) atoms. The summed E-state index contributed by atoms with van der Waals surface area (Å²) >= 11 is 12.2. The summed E-state index contributed by atoms with van der Waals surface area (Å²) in [6.45, 7) is 1.89. The van der Waals surface area contributed by atoms with Gasteiger partial charge in [0.25, 0.3) is 0 Å². The normalized spacial score (nSPS) is 22.3. The Morgan fingerprint density at radius 1 is 1.19 bits per heavy atom. The number of alkyl halides is 3. The monoisotopic (exact) mass is 509 g/mol. The first-order valence-corrected chi connectivity index (χ1v) is 12.1. The maximum absolute atomic E-state index is 12.8. The smallest absolute Gasteiger partial charge is 0.406 e. The number of sulfonamides is 1. The number of rotatable bonds is 6. The van der Waals surface area contributed by atoms with Crippen LogP contribution in [0.5, 0.6) is 5.75 Å². The highest BCUT2D eigenvalue weighted by Gasteiger charge is 2.39. The lowest BCUT2D eigenvalue weighted by Crippen LogP contribution is -2.45. The first kappa shape index (κ1) is 23.6. The molecule has 3 N–H and O–H groups in total. The molecule has 0 unspecified atom stereocenters. The Morgan fingerprint density at radius 2 is 1.94 bits per heavy atom. The van der Waals surface area contributed by atoms with Crippen LogP contribution < -0.4 is 15.2 Å². The van der Waals surface area contributed by atoms with E-state index in [4.69, 9.17) is 28.3 Å². The molecule has 0 amide bonds. The second kappa shape index (κ2) is 8.66. The van der Waals surface area contributed by atoms with Crippen LogP contribution in [0.15, 0.2) is 41.3 Å². The van der Waals surface area contributed by atoms with E-state index in [1.165, 1.54) is 0 Å². The fourth-order valence-corrected chi connectivity index (χ4v) is 5.57. The van der Waals surface area contributed by atoms with E-state index in [9.17, 15) is 21.6 Å². The van der Waals surface area contributed by atoms with Crippen LogP contribution >= 0.6 is 23.2 Å². The molecule has 2 aliphatic rings. The molecule has 2 saturated heterocycles. The zero-order valence-corrected chi connectivity index (χ0v) is 18.9. The van der Waals surface area contributed by atoms with Crippen molar-refractivity contribution < 1.29 is 26.3 Å². The van der Waals surface area contributed by atoms with Gasteiger partial charge in [0.15, 0.2) is 0 Å². The van der Waals surface area contributed by atoms with E-state index in [1.807, 2.05) is 0 Å². The standard InChI is InChI=1S/C20H20Cl2F3N3O3S/c21-17-3-1-11(5-18(17)22)16(10-28-9-12-6-13(28)8-27-12)15-7-14(31-20(23,24)25)2-4-19(15)32(26,29)30/h1-5,7,12-13,16,27H,6,8-10H2,(H2,26,29,30)/t12-,13-,16+/m0/s1. The van der Waals surface area contributed by atoms with Crippen molar-refractivity contribution >= 4 is 33.2 Å². The topological polar surface area (TPSA) is 84.7 Å². The number of primary sulfonamides is 1. The summed E-state index contributed by atoms with van der Waals surface area (Å²) in [5.41, 5.74) is 0.701. The van der Waals surface area contributed by atoms with Crippen LogP contribution in [0.4, 0.5) is 13.2 Å². The van der Waals surface area contributed by atoms with Crippen LogP contribution in [0.1, 0.15) is 23.5 Å². The summed E-state index contributed by atoms with van der Waals surface area (Å²) in [5, 5.41) is 9.35. The number of likely N-dealkylation sites (tertiary alicyclic amines) is 1. The van der Waals surface area contributed by atoms with E-state index >= 15 is 0 Å². The lowest BCUT2D eigenvalue weighted by molar-refractivity contribution is -0.274. The minimum Gasteiger partial charge on any atom is -0.406 e. The van der Waals surface area contributed by atoms with Crippen molar-refractivity contribution in [3.8, 4) is 5.75 Å². The molecule has 2 bridgehead atoms. The molecule has 12 heteroatoms. The quantitative estimate of drug-likeness (QED) is 0.619. The third kappa shape index (κ3) is 5.16. The van der Waals surface area contributed by atoms with Gasteiger partial charge in [0.05, 0.1) is 14.9 Å². The Labute approximate surface area is 193 Å². The molecule has 0 radical (unpaired) electrons.